The molecule has 42 heavy (non-hydrogen) atoms. The maximum absolute atomic E-state index is 6.83. The molecule has 0 saturated carbocycles. The van der Waals surface area contributed by atoms with Gasteiger partial charge in [-0.1, -0.05) is 115 Å². The van der Waals surface area contributed by atoms with Crippen molar-refractivity contribution in [2.75, 3.05) is 0 Å². The summed E-state index contributed by atoms with van der Waals surface area (Å²) in [5.74, 6) is 1.83. The van der Waals surface area contributed by atoms with Crippen molar-refractivity contribution in [3.8, 4) is 33.8 Å². The monoisotopic (exact) mass is 534 g/mol. The van der Waals surface area contributed by atoms with Crippen LogP contribution < -0.4 is 4.74 Å². The molecule has 2 heterocycles. The largest absolute Gasteiger partial charge is 0.455 e. The average Bonchev–Trinajstić information content (AvgIpc) is 3.45. The van der Waals surface area contributed by atoms with Gasteiger partial charge in [0.2, 0.25) is 0 Å². The number of ether oxygens (including phenoxy) is 1. The van der Waals surface area contributed by atoms with E-state index < -0.39 is 0 Å². The zero-order valence-electron chi connectivity index (χ0n) is 22.5. The van der Waals surface area contributed by atoms with Gasteiger partial charge in [0.1, 0.15) is 22.7 Å². The van der Waals surface area contributed by atoms with Gasteiger partial charge in [-0.25, -0.2) is 0 Å². The number of furan rings is 1. The number of fused-ring (bicyclic) bond motifs is 12. The van der Waals surface area contributed by atoms with Gasteiger partial charge in [0.15, 0.2) is 0 Å². The third kappa shape index (κ3) is 2.78. The molecule has 0 radical (unpaired) electrons. The molecule has 2 nitrogen and oxygen atoms in total. The van der Waals surface area contributed by atoms with E-state index in [1.165, 1.54) is 43.6 Å². The Hall–Kier alpha value is -5.60. The minimum absolute atomic E-state index is 0.896. The van der Waals surface area contributed by atoms with Crippen LogP contribution in [-0.2, 0) is 0 Å². The summed E-state index contributed by atoms with van der Waals surface area (Å²) in [4.78, 5) is 0. The van der Waals surface area contributed by atoms with Crippen LogP contribution in [0.15, 0.2) is 138 Å². The third-order valence-electron chi connectivity index (χ3n) is 9.05. The molecule has 0 bridgehead atoms. The van der Waals surface area contributed by atoms with Crippen LogP contribution in [0.25, 0.3) is 87.3 Å². The van der Waals surface area contributed by atoms with Crippen molar-refractivity contribution in [3.05, 3.63) is 133 Å². The molecule has 2 heteroatoms. The predicted octanol–water partition coefficient (Wildman–Crippen LogP) is 11.6. The molecule has 1 aliphatic heterocycles. The lowest BCUT2D eigenvalue weighted by Gasteiger charge is -2.25. The lowest BCUT2D eigenvalue weighted by atomic mass is 9.86. The fourth-order valence-corrected chi connectivity index (χ4v) is 7.27. The van der Waals surface area contributed by atoms with Gasteiger partial charge in [0.05, 0.1) is 0 Å². The Kier molecular flexibility index (Phi) is 4.21. The van der Waals surface area contributed by atoms with Crippen LogP contribution in [0.3, 0.4) is 0 Å². The molecular weight excluding hydrogens is 512 g/mol. The fraction of sp³-hybridized carbons (Fsp3) is 0. The van der Waals surface area contributed by atoms with Gasteiger partial charge in [-0.05, 0) is 61.8 Å². The highest BCUT2D eigenvalue weighted by atomic mass is 16.5. The van der Waals surface area contributed by atoms with E-state index in [2.05, 4.69) is 133 Å². The third-order valence-corrected chi connectivity index (χ3v) is 9.05. The van der Waals surface area contributed by atoms with Gasteiger partial charge in [-0.15, -0.1) is 0 Å². The smallest absolute Gasteiger partial charge is 0.143 e. The summed E-state index contributed by atoms with van der Waals surface area (Å²) in [6.45, 7) is 0. The second kappa shape index (κ2) is 7.99. The molecule has 0 unspecified atom stereocenters. The van der Waals surface area contributed by atoms with Crippen molar-refractivity contribution in [2.45, 2.75) is 0 Å². The van der Waals surface area contributed by atoms with Crippen LogP contribution in [0.2, 0.25) is 0 Å². The molecule has 0 N–H and O–H groups in total. The Labute approximate surface area is 241 Å². The van der Waals surface area contributed by atoms with Crippen LogP contribution in [0.4, 0.5) is 0 Å². The molecule has 0 spiro atoms. The van der Waals surface area contributed by atoms with Crippen LogP contribution in [-0.4, -0.2) is 0 Å². The summed E-state index contributed by atoms with van der Waals surface area (Å²) in [6.07, 6.45) is 0. The van der Waals surface area contributed by atoms with Crippen molar-refractivity contribution >= 4 is 65.0 Å². The van der Waals surface area contributed by atoms with Gasteiger partial charge < -0.3 is 9.15 Å². The van der Waals surface area contributed by atoms with Gasteiger partial charge in [-0.3, -0.25) is 0 Å². The second-order valence-electron chi connectivity index (χ2n) is 11.2. The molecule has 0 aliphatic carbocycles. The predicted molar refractivity (Wildman–Crippen MR) is 175 cm³/mol. The van der Waals surface area contributed by atoms with Gasteiger partial charge in [0, 0.05) is 32.5 Å². The zero-order chi connectivity index (χ0) is 27.4. The summed E-state index contributed by atoms with van der Waals surface area (Å²) in [5, 5.41) is 11.7. The van der Waals surface area contributed by atoms with Crippen molar-refractivity contribution < 1.29 is 9.15 Å². The molecule has 0 fully saturated rings. The highest BCUT2D eigenvalue weighted by molar-refractivity contribution is 6.24. The topological polar surface area (TPSA) is 22.4 Å². The van der Waals surface area contributed by atoms with Gasteiger partial charge in [0.25, 0.3) is 0 Å². The standard InChI is InChI=1S/C40H22O2/c1-2-10-24-23(9-1)19-20-33-37-29(16-8-18-34(37)41-39(24)33)27-21-22-35-36-28(27)15-7-17-32(36)38-30-13-5-3-11-25(30)26-12-4-6-14-31(26)40(38)42-35/h1-22H. The summed E-state index contributed by atoms with van der Waals surface area (Å²) in [6, 6.07) is 47.5. The average molecular weight is 535 g/mol. The maximum atomic E-state index is 6.83. The van der Waals surface area contributed by atoms with E-state index >= 15 is 0 Å². The molecule has 194 valence electrons. The minimum Gasteiger partial charge on any atom is -0.455 e. The molecule has 0 amide bonds. The lowest BCUT2D eigenvalue weighted by Crippen LogP contribution is -2.00. The molecule has 0 saturated heterocycles. The maximum Gasteiger partial charge on any atom is 0.143 e. The van der Waals surface area contributed by atoms with E-state index in [1.54, 1.807) is 0 Å². The number of benzene rings is 8. The van der Waals surface area contributed by atoms with Crippen molar-refractivity contribution in [1.82, 2.24) is 0 Å². The van der Waals surface area contributed by atoms with E-state index in [4.69, 9.17) is 9.15 Å². The lowest BCUT2D eigenvalue weighted by molar-refractivity contribution is 0.493. The second-order valence-corrected chi connectivity index (χ2v) is 11.2. The number of rotatable bonds is 1. The first-order chi connectivity index (χ1) is 20.8. The van der Waals surface area contributed by atoms with Crippen LogP contribution >= 0.6 is 0 Å². The first kappa shape index (κ1) is 22.1. The fourth-order valence-electron chi connectivity index (χ4n) is 7.27. The van der Waals surface area contributed by atoms with Crippen LogP contribution in [0.1, 0.15) is 0 Å². The summed E-state index contributed by atoms with van der Waals surface area (Å²) in [7, 11) is 0. The summed E-state index contributed by atoms with van der Waals surface area (Å²) < 4.78 is 13.4. The molecule has 0 atom stereocenters. The van der Waals surface area contributed by atoms with E-state index in [9.17, 15) is 0 Å². The molecular formula is C40H22O2. The van der Waals surface area contributed by atoms with Crippen LogP contribution in [0, 0.1) is 0 Å². The van der Waals surface area contributed by atoms with E-state index in [-0.39, 0.29) is 0 Å². The Bertz CT molecular complexity index is 2600. The molecule has 1 aromatic heterocycles. The molecule has 10 rings (SSSR count). The summed E-state index contributed by atoms with van der Waals surface area (Å²) in [5.41, 5.74) is 6.56. The quantitative estimate of drug-likeness (QED) is 0.195. The van der Waals surface area contributed by atoms with Crippen molar-refractivity contribution in [1.29, 1.82) is 0 Å². The zero-order valence-corrected chi connectivity index (χ0v) is 22.5. The van der Waals surface area contributed by atoms with Crippen molar-refractivity contribution in [3.63, 3.8) is 0 Å². The summed E-state index contributed by atoms with van der Waals surface area (Å²) >= 11 is 0. The normalized spacial score (nSPS) is 12.5. The first-order valence-corrected chi connectivity index (χ1v) is 14.4. The van der Waals surface area contributed by atoms with Crippen molar-refractivity contribution in [2.24, 2.45) is 0 Å². The van der Waals surface area contributed by atoms with Crippen LogP contribution in [0.5, 0.6) is 11.5 Å². The Morgan fingerprint density at radius 1 is 0.381 bits per heavy atom. The highest BCUT2D eigenvalue weighted by Gasteiger charge is 2.26. The number of hydrogen-bond donors (Lipinski definition) is 0. The first-order valence-electron chi connectivity index (χ1n) is 14.4. The Morgan fingerprint density at radius 2 is 1.07 bits per heavy atom. The Morgan fingerprint density at radius 3 is 1.95 bits per heavy atom. The van der Waals surface area contributed by atoms with E-state index in [0.717, 1.165) is 55.2 Å². The van der Waals surface area contributed by atoms with Gasteiger partial charge in [-0.2, -0.15) is 0 Å². The Balaban J connectivity index is 1.31. The molecule has 1 aliphatic rings. The highest BCUT2D eigenvalue weighted by Crippen LogP contribution is 2.54. The molecule has 9 aromatic rings. The SMILES string of the molecule is c1ccc2c(c1)ccc1c2oc2cccc(-c3ccc4c5c(cccc35)-c3c(c5ccccc5c5ccccc35)O4)c21. The van der Waals surface area contributed by atoms with E-state index in [0.29, 0.717) is 0 Å². The minimum atomic E-state index is 0.896. The molecule has 8 aromatic carbocycles. The van der Waals surface area contributed by atoms with Gasteiger partial charge >= 0.3 is 0 Å². The van der Waals surface area contributed by atoms with E-state index in [1.807, 2.05) is 0 Å². The number of hydrogen-bond acceptors (Lipinski definition) is 2.